The molecule has 9 heteroatoms. The minimum absolute atomic E-state index is 0.141. The number of carbonyl (C=O) groups excluding carboxylic acids is 1. The number of aromatic nitrogens is 5. The van der Waals surface area contributed by atoms with Crippen molar-refractivity contribution >= 4 is 11.7 Å². The molecule has 0 spiro atoms. The summed E-state index contributed by atoms with van der Waals surface area (Å²) in [6.45, 7) is 7.37. The Hall–Kier alpha value is -2.97. The summed E-state index contributed by atoms with van der Waals surface area (Å²) in [7, 11) is 0. The molecule has 3 rings (SSSR count). The van der Waals surface area contributed by atoms with Crippen LogP contribution in [0.15, 0.2) is 22.7 Å². The van der Waals surface area contributed by atoms with Crippen molar-refractivity contribution in [2.45, 2.75) is 39.8 Å². The summed E-state index contributed by atoms with van der Waals surface area (Å²) in [6, 6.07) is 5.33. The minimum atomic E-state index is -0.563. The fourth-order valence-electron chi connectivity index (χ4n) is 2.02. The van der Waals surface area contributed by atoms with Crippen molar-refractivity contribution in [1.82, 2.24) is 30.3 Å². The van der Waals surface area contributed by atoms with E-state index in [-0.39, 0.29) is 6.54 Å². The lowest BCUT2D eigenvalue weighted by Crippen LogP contribution is -2.32. The van der Waals surface area contributed by atoms with Gasteiger partial charge in [-0.1, -0.05) is 5.16 Å². The second-order valence-corrected chi connectivity index (χ2v) is 6.29. The molecule has 3 aromatic heterocycles. The molecular weight excluding hydrogens is 312 g/mol. The molecule has 0 aliphatic carbocycles. The monoisotopic (exact) mass is 330 g/mol. The van der Waals surface area contributed by atoms with Crippen LogP contribution >= 0.6 is 0 Å². The third-order valence-electron chi connectivity index (χ3n) is 3.00. The van der Waals surface area contributed by atoms with Crippen LogP contribution in [0, 0.1) is 6.92 Å². The van der Waals surface area contributed by atoms with E-state index >= 15 is 0 Å². The third-order valence-corrected chi connectivity index (χ3v) is 3.00. The van der Waals surface area contributed by atoms with E-state index in [9.17, 15) is 4.79 Å². The van der Waals surface area contributed by atoms with Crippen LogP contribution in [0.1, 0.15) is 32.3 Å². The largest absolute Gasteiger partial charge is 0.444 e. The number of rotatable bonds is 3. The summed E-state index contributed by atoms with van der Waals surface area (Å²) in [5.41, 5.74) is 1.37. The lowest BCUT2D eigenvalue weighted by atomic mass is 10.2. The van der Waals surface area contributed by atoms with E-state index in [4.69, 9.17) is 9.26 Å². The average molecular weight is 330 g/mol. The van der Waals surface area contributed by atoms with Crippen LogP contribution in [0.2, 0.25) is 0 Å². The zero-order valence-corrected chi connectivity index (χ0v) is 13.9. The van der Waals surface area contributed by atoms with Gasteiger partial charge in [-0.05, 0) is 39.8 Å². The van der Waals surface area contributed by atoms with E-state index in [2.05, 4.69) is 25.8 Å². The SMILES string of the molecule is Cc1cc(-c2ccc3nnc(CNC(=O)OC(C)(C)C)n3n2)on1. The molecule has 24 heavy (non-hydrogen) atoms. The number of nitrogens with one attached hydrogen (secondary N) is 1. The number of hydrogen-bond acceptors (Lipinski definition) is 7. The highest BCUT2D eigenvalue weighted by molar-refractivity contribution is 5.67. The standard InChI is InChI=1S/C15H18N6O3/c1-9-7-11(24-20-9)10-5-6-12-17-18-13(21(12)19-10)8-16-14(22)23-15(2,3)4/h5-7H,8H2,1-4H3,(H,16,22). The molecule has 0 fully saturated rings. The summed E-state index contributed by atoms with van der Waals surface area (Å²) in [5, 5.41) is 19.0. The van der Waals surface area contributed by atoms with Crippen LogP contribution in [0.5, 0.6) is 0 Å². The topological polar surface area (TPSA) is 107 Å². The summed E-state index contributed by atoms with van der Waals surface area (Å²) in [5.74, 6) is 1.03. The van der Waals surface area contributed by atoms with Gasteiger partial charge in [0.2, 0.25) is 0 Å². The van der Waals surface area contributed by atoms with Crippen LogP contribution < -0.4 is 5.32 Å². The van der Waals surface area contributed by atoms with E-state index in [1.165, 1.54) is 0 Å². The number of nitrogens with zero attached hydrogens (tertiary/aromatic N) is 5. The maximum Gasteiger partial charge on any atom is 0.408 e. The van der Waals surface area contributed by atoms with Gasteiger partial charge < -0.3 is 14.6 Å². The van der Waals surface area contributed by atoms with Gasteiger partial charge in [0.05, 0.1) is 12.2 Å². The van der Waals surface area contributed by atoms with E-state index in [0.29, 0.717) is 22.9 Å². The van der Waals surface area contributed by atoms with Gasteiger partial charge in [0.25, 0.3) is 0 Å². The van der Waals surface area contributed by atoms with Crippen molar-refractivity contribution in [3.8, 4) is 11.5 Å². The highest BCUT2D eigenvalue weighted by atomic mass is 16.6. The number of ether oxygens (including phenoxy) is 1. The number of fused-ring (bicyclic) bond motifs is 1. The van der Waals surface area contributed by atoms with Gasteiger partial charge in [-0.25, -0.2) is 4.79 Å². The van der Waals surface area contributed by atoms with E-state index in [1.54, 1.807) is 43.5 Å². The van der Waals surface area contributed by atoms with Crippen molar-refractivity contribution in [2.75, 3.05) is 0 Å². The zero-order chi connectivity index (χ0) is 17.3. The predicted molar refractivity (Wildman–Crippen MR) is 84.1 cm³/mol. The average Bonchev–Trinajstić information content (AvgIpc) is 3.09. The lowest BCUT2D eigenvalue weighted by Gasteiger charge is -2.19. The Bertz CT molecular complexity index is 877. The van der Waals surface area contributed by atoms with Crippen molar-refractivity contribution in [2.24, 2.45) is 0 Å². The van der Waals surface area contributed by atoms with Crippen molar-refractivity contribution in [3.63, 3.8) is 0 Å². The Morgan fingerprint density at radius 1 is 1.33 bits per heavy atom. The number of amides is 1. The fraction of sp³-hybridized carbons (Fsp3) is 0.400. The zero-order valence-electron chi connectivity index (χ0n) is 13.9. The molecular formula is C15H18N6O3. The molecule has 126 valence electrons. The molecule has 1 N–H and O–H groups in total. The summed E-state index contributed by atoms with van der Waals surface area (Å²) in [6.07, 6.45) is -0.527. The first kappa shape index (κ1) is 15.9. The summed E-state index contributed by atoms with van der Waals surface area (Å²) in [4.78, 5) is 11.7. The number of carbonyl (C=O) groups is 1. The molecule has 0 aromatic carbocycles. The molecule has 0 aliphatic heterocycles. The lowest BCUT2D eigenvalue weighted by molar-refractivity contribution is 0.0522. The van der Waals surface area contributed by atoms with Gasteiger partial charge in [0.15, 0.2) is 17.2 Å². The Morgan fingerprint density at radius 2 is 2.12 bits per heavy atom. The predicted octanol–water partition coefficient (Wildman–Crippen LogP) is 2.11. The molecule has 9 nitrogen and oxygen atoms in total. The molecule has 0 atom stereocenters. The van der Waals surface area contributed by atoms with Gasteiger partial charge in [-0.3, -0.25) is 0 Å². The number of hydrogen-bond donors (Lipinski definition) is 1. The van der Waals surface area contributed by atoms with Crippen LogP contribution in [0.3, 0.4) is 0 Å². The van der Waals surface area contributed by atoms with Crippen molar-refractivity contribution in [1.29, 1.82) is 0 Å². The smallest absolute Gasteiger partial charge is 0.408 e. The molecule has 0 radical (unpaired) electrons. The molecule has 0 bridgehead atoms. The highest BCUT2D eigenvalue weighted by Gasteiger charge is 2.17. The Morgan fingerprint density at radius 3 is 2.79 bits per heavy atom. The van der Waals surface area contributed by atoms with Gasteiger partial charge >= 0.3 is 6.09 Å². The first-order valence-electron chi connectivity index (χ1n) is 7.44. The van der Waals surface area contributed by atoms with Gasteiger partial charge in [-0.2, -0.15) is 9.61 Å². The number of aryl methyl sites for hydroxylation is 1. The molecule has 0 saturated carbocycles. The Balaban J connectivity index is 1.80. The van der Waals surface area contributed by atoms with Gasteiger partial charge in [0.1, 0.15) is 11.3 Å². The van der Waals surface area contributed by atoms with Crippen LogP contribution in [-0.2, 0) is 11.3 Å². The van der Waals surface area contributed by atoms with E-state index in [1.807, 2.05) is 6.92 Å². The second-order valence-electron chi connectivity index (χ2n) is 6.29. The van der Waals surface area contributed by atoms with Crippen LogP contribution in [-0.4, -0.2) is 36.7 Å². The maximum absolute atomic E-state index is 11.7. The fourth-order valence-corrected chi connectivity index (χ4v) is 2.02. The number of alkyl carbamates (subject to hydrolysis) is 1. The molecule has 3 heterocycles. The summed E-state index contributed by atoms with van der Waals surface area (Å²) < 4.78 is 12.0. The molecule has 1 amide bonds. The van der Waals surface area contributed by atoms with E-state index in [0.717, 1.165) is 5.69 Å². The van der Waals surface area contributed by atoms with Crippen LogP contribution in [0.4, 0.5) is 4.79 Å². The van der Waals surface area contributed by atoms with Gasteiger partial charge in [0, 0.05) is 6.07 Å². The second kappa shape index (κ2) is 5.91. The highest BCUT2D eigenvalue weighted by Crippen LogP contribution is 2.18. The third kappa shape index (κ3) is 3.50. The van der Waals surface area contributed by atoms with Gasteiger partial charge in [-0.15, -0.1) is 10.2 Å². The molecule has 0 saturated heterocycles. The minimum Gasteiger partial charge on any atom is -0.444 e. The molecule has 3 aromatic rings. The van der Waals surface area contributed by atoms with Crippen molar-refractivity contribution in [3.05, 3.63) is 29.7 Å². The first-order valence-corrected chi connectivity index (χ1v) is 7.44. The van der Waals surface area contributed by atoms with E-state index < -0.39 is 11.7 Å². The normalized spacial score (nSPS) is 11.7. The quantitative estimate of drug-likeness (QED) is 0.783. The van der Waals surface area contributed by atoms with Crippen molar-refractivity contribution < 1.29 is 14.1 Å². The Kier molecular flexibility index (Phi) is 3.92. The molecule has 0 unspecified atom stereocenters. The summed E-state index contributed by atoms with van der Waals surface area (Å²) >= 11 is 0. The van der Waals surface area contributed by atoms with Crippen LogP contribution in [0.25, 0.3) is 17.1 Å². The molecule has 0 aliphatic rings. The maximum atomic E-state index is 11.7. The first-order chi connectivity index (χ1) is 11.3. The Labute approximate surface area is 138 Å².